The van der Waals surface area contributed by atoms with Gasteiger partial charge in [-0.3, -0.25) is 0 Å². The Morgan fingerprint density at radius 1 is 1.33 bits per heavy atom. The highest BCUT2D eigenvalue weighted by Crippen LogP contribution is 2.34. The normalized spacial score (nSPS) is 19.5. The predicted molar refractivity (Wildman–Crippen MR) is 62.9 cm³/mol. The number of aryl methyl sites for hydroxylation is 1. The van der Waals surface area contributed by atoms with Crippen LogP contribution < -0.4 is 0 Å². The summed E-state index contributed by atoms with van der Waals surface area (Å²) in [5, 5.41) is 1.29. The topological polar surface area (TPSA) is 13.1 Å². The molecule has 0 amide bonds. The molecule has 2 aromatic rings. The monoisotopic (exact) mass is 198 g/mol. The smallest absolute Gasteiger partial charge is 0.135 e. The van der Waals surface area contributed by atoms with E-state index in [1.54, 1.807) is 0 Å². The van der Waals surface area contributed by atoms with Gasteiger partial charge in [-0.2, -0.15) is 0 Å². The Kier molecular flexibility index (Phi) is 1.75. The van der Waals surface area contributed by atoms with Gasteiger partial charge in [0.05, 0.1) is 0 Å². The number of furan rings is 1. The van der Waals surface area contributed by atoms with Crippen LogP contribution >= 0.6 is 0 Å². The molecule has 15 heavy (non-hydrogen) atoms. The molecule has 1 aromatic carbocycles. The molecule has 0 N–H and O–H groups in total. The van der Waals surface area contributed by atoms with Crippen molar-refractivity contribution in [1.29, 1.82) is 0 Å². The molecule has 1 unspecified atom stereocenters. The van der Waals surface area contributed by atoms with Gasteiger partial charge in [-0.05, 0) is 24.5 Å². The first-order chi connectivity index (χ1) is 7.25. The fourth-order valence-corrected chi connectivity index (χ4v) is 2.35. The van der Waals surface area contributed by atoms with Crippen LogP contribution in [0.3, 0.4) is 0 Å². The summed E-state index contributed by atoms with van der Waals surface area (Å²) in [6.45, 7) is 4.36. The molecule has 0 saturated heterocycles. The van der Waals surface area contributed by atoms with Gasteiger partial charge in [0.2, 0.25) is 0 Å². The van der Waals surface area contributed by atoms with Crippen LogP contribution in [0.25, 0.3) is 17.0 Å². The summed E-state index contributed by atoms with van der Waals surface area (Å²) in [5.74, 6) is 1.74. The summed E-state index contributed by atoms with van der Waals surface area (Å²) in [6, 6.07) is 6.25. The van der Waals surface area contributed by atoms with Crippen molar-refractivity contribution in [3.63, 3.8) is 0 Å². The van der Waals surface area contributed by atoms with E-state index in [2.05, 4.69) is 44.2 Å². The predicted octanol–water partition coefficient (Wildman–Crippen LogP) is 3.95. The summed E-state index contributed by atoms with van der Waals surface area (Å²) in [5.41, 5.74) is 3.62. The Labute approximate surface area is 89.4 Å². The minimum Gasteiger partial charge on any atom is -0.460 e. The molecule has 1 atom stereocenters. The van der Waals surface area contributed by atoms with Crippen molar-refractivity contribution < 1.29 is 4.42 Å². The van der Waals surface area contributed by atoms with E-state index in [1.165, 1.54) is 16.5 Å². The largest absolute Gasteiger partial charge is 0.460 e. The third-order valence-electron chi connectivity index (χ3n) is 3.14. The highest BCUT2D eigenvalue weighted by Gasteiger charge is 2.18. The van der Waals surface area contributed by atoms with Gasteiger partial charge in [-0.1, -0.05) is 31.2 Å². The number of hydrogen-bond acceptors (Lipinski definition) is 1. The average molecular weight is 198 g/mol. The first kappa shape index (κ1) is 8.78. The van der Waals surface area contributed by atoms with E-state index in [1.807, 2.05) is 0 Å². The highest BCUT2D eigenvalue weighted by molar-refractivity contribution is 5.91. The molecule has 0 fully saturated rings. The zero-order valence-corrected chi connectivity index (χ0v) is 9.08. The molecule has 0 bridgehead atoms. The van der Waals surface area contributed by atoms with E-state index in [0.717, 1.165) is 17.8 Å². The number of rotatable bonds is 0. The van der Waals surface area contributed by atoms with Gasteiger partial charge >= 0.3 is 0 Å². The first-order valence-corrected chi connectivity index (χ1v) is 5.45. The van der Waals surface area contributed by atoms with Crippen LogP contribution in [0.4, 0.5) is 0 Å². The van der Waals surface area contributed by atoms with Crippen LogP contribution in [0.15, 0.2) is 28.7 Å². The van der Waals surface area contributed by atoms with Crippen LogP contribution in [-0.2, 0) is 6.42 Å². The van der Waals surface area contributed by atoms with Crippen molar-refractivity contribution in [3.8, 4) is 0 Å². The van der Waals surface area contributed by atoms with Crippen LogP contribution in [0.2, 0.25) is 0 Å². The van der Waals surface area contributed by atoms with Gasteiger partial charge in [0.1, 0.15) is 11.3 Å². The lowest BCUT2D eigenvalue weighted by molar-refractivity contribution is 0.513. The number of benzene rings is 1. The molecule has 0 spiro atoms. The second-order valence-corrected chi connectivity index (χ2v) is 4.43. The second kappa shape index (κ2) is 2.99. The van der Waals surface area contributed by atoms with E-state index in [0.29, 0.717) is 5.92 Å². The van der Waals surface area contributed by atoms with E-state index >= 15 is 0 Å². The number of hydrogen-bond donors (Lipinski definition) is 0. The molecule has 1 heteroatoms. The Balaban J connectivity index is 2.36. The fraction of sp³-hybridized carbons (Fsp3) is 0.286. The second-order valence-electron chi connectivity index (χ2n) is 4.43. The molecule has 1 heterocycles. The van der Waals surface area contributed by atoms with E-state index in [-0.39, 0.29) is 0 Å². The van der Waals surface area contributed by atoms with Crippen molar-refractivity contribution in [3.05, 3.63) is 41.2 Å². The Bertz CT molecular complexity index is 546. The molecular weight excluding hydrogens is 184 g/mol. The van der Waals surface area contributed by atoms with E-state index < -0.39 is 0 Å². The zero-order valence-electron chi connectivity index (χ0n) is 9.08. The quantitative estimate of drug-likeness (QED) is 0.624. The average Bonchev–Trinajstić information content (AvgIpc) is 2.56. The molecule has 76 valence electrons. The van der Waals surface area contributed by atoms with E-state index in [4.69, 9.17) is 4.42 Å². The maximum absolute atomic E-state index is 5.89. The van der Waals surface area contributed by atoms with Crippen molar-refractivity contribution >= 4 is 17.0 Å². The molecular formula is C14H14O. The van der Waals surface area contributed by atoms with Gasteiger partial charge < -0.3 is 4.42 Å². The van der Waals surface area contributed by atoms with E-state index in [9.17, 15) is 0 Å². The number of allylic oxidation sites excluding steroid dienone is 1. The third-order valence-corrected chi connectivity index (χ3v) is 3.14. The van der Waals surface area contributed by atoms with Gasteiger partial charge in [0.15, 0.2) is 0 Å². The summed E-state index contributed by atoms with van der Waals surface area (Å²) in [4.78, 5) is 0. The summed E-state index contributed by atoms with van der Waals surface area (Å²) < 4.78 is 5.89. The lowest BCUT2D eigenvalue weighted by atomic mass is 9.94. The molecule has 0 saturated carbocycles. The molecule has 1 aliphatic rings. The van der Waals surface area contributed by atoms with Gasteiger partial charge in [-0.25, -0.2) is 0 Å². The molecule has 1 aromatic heterocycles. The van der Waals surface area contributed by atoms with Gasteiger partial charge in [-0.15, -0.1) is 0 Å². The Morgan fingerprint density at radius 2 is 2.20 bits per heavy atom. The van der Waals surface area contributed by atoms with Crippen LogP contribution in [0, 0.1) is 12.8 Å². The summed E-state index contributed by atoms with van der Waals surface area (Å²) in [7, 11) is 0. The minimum atomic E-state index is 0.596. The Hall–Kier alpha value is -1.50. The SMILES string of the molecule is Cc1cccc2oc3c(c12)C=CC(C)C3. The van der Waals surface area contributed by atoms with Crippen molar-refractivity contribution in [1.82, 2.24) is 0 Å². The summed E-state index contributed by atoms with van der Waals surface area (Å²) >= 11 is 0. The minimum absolute atomic E-state index is 0.596. The molecule has 3 rings (SSSR count). The first-order valence-electron chi connectivity index (χ1n) is 5.45. The van der Waals surface area contributed by atoms with Crippen molar-refractivity contribution in [2.24, 2.45) is 5.92 Å². The molecule has 1 nitrogen and oxygen atoms in total. The fourth-order valence-electron chi connectivity index (χ4n) is 2.35. The van der Waals surface area contributed by atoms with Crippen LogP contribution in [0.1, 0.15) is 23.8 Å². The standard InChI is InChI=1S/C14H14O/c1-9-6-7-11-13(8-9)15-12-5-3-4-10(2)14(11)12/h3-7,9H,8H2,1-2H3. The van der Waals surface area contributed by atoms with Crippen molar-refractivity contribution in [2.45, 2.75) is 20.3 Å². The molecule has 0 aliphatic heterocycles. The van der Waals surface area contributed by atoms with Crippen LogP contribution in [-0.4, -0.2) is 0 Å². The zero-order chi connectivity index (χ0) is 10.4. The maximum atomic E-state index is 5.89. The third kappa shape index (κ3) is 1.23. The lowest BCUT2D eigenvalue weighted by Crippen LogP contribution is -2.00. The molecule has 1 aliphatic carbocycles. The summed E-state index contributed by atoms with van der Waals surface area (Å²) in [6.07, 6.45) is 5.51. The molecule has 0 radical (unpaired) electrons. The Morgan fingerprint density at radius 3 is 3.07 bits per heavy atom. The maximum Gasteiger partial charge on any atom is 0.135 e. The lowest BCUT2D eigenvalue weighted by Gasteiger charge is -2.09. The number of fused-ring (bicyclic) bond motifs is 3. The highest BCUT2D eigenvalue weighted by atomic mass is 16.3. The van der Waals surface area contributed by atoms with Gasteiger partial charge in [0, 0.05) is 17.4 Å². The van der Waals surface area contributed by atoms with Gasteiger partial charge in [0.25, 0.3) is 0 Å². The van der Waals surface area contributed by atoms with Crippen molar-refractivity contribution in [2.75, 3.05) is 0 Å². The van der Waals surface area contributed by atoms with Crippen LogP contribution in [0.5, 0.6) is 0 Å².